The third-order valence-electron chi connectivity index (χ3n) is 4.80. The maximum atomic E-state index is 11.5. The molecule has 1 atom stereocenters. The van der Waals surface area contributed by atoms with E-state index in [1.165, 1.54) is 11.3 Å². The molecule has 2 aromatic rings. The van der Waals surface area contributed by atoms with E-state index in [1.807, 2.05) is 52.8 Å². The van der Waals surface area contributed by atoms with Crippen LogP contribution in [0.1, 0.15) is 43.9 Å². The third-order valence-corrected chi connectivity index (χ3v) is 5.50. The Labute approximate surface area is 191 Å². The zero-order valence-corrected chi connectivity index (χ0v) is 20.3. The summed E-state index contributed by atoms with van der Waals surface area (Å²) in [4.78, 5) is 12.6. The number of anilines is 1. The van der Waals surface area contributed by atoms with Gasteiger partial charge in [0, 0.05) is 16.6 Å². The molecular weight excluding hydrogens is 410 g/mol. The van der Waals surface area contributed by atoms with Crippen LogP contribution in [0.2, 0.25) is 0 Å². The molecule has 1 heterocycles. The molecule has 0 spiro atoms. The van der Waals surface area contributed by atoms with Crippen molar-refractivity contribution in [2.45, 2.75) is 64.0 Å². The molecule has 0 amide bonds. The lowest BCUT2D eigenvalue weighted by molar-refractivity contribution is -0.160. The summed E-state index contributed by atoms with van der Waals surface area (Å²) in [5.41, 5.74) is 4.37. The van der Waals surface area contributed by atoms with Crippen molar-refractivity contribution >= 4 is 24.3 Å². The number of aryl methyl sites for hydroxylation is 3. The third kappa shape index (κ3) is 8.46. The number of para-hydroxylation sites is 1. The van der Waals surface area contributed by atoms with Crippen molar-refractivity contribution in [3.63, 3.8) is 0 Å². The van der Waals surface area contributed by atoms with Crippen LogP contribution in [0.5, 0.6) is 5.75 Å². The molecule has 0 saturated heterocycles. The van der Waals surface area contributed by atoms with Crippen molar-refractivity contribution in [2.75, 3.05) is 25.6 Å². The molecule has 0 fully saturated rings. The van der Waals surface area contributed by atoms with Gasteiger partial charge in [-0.1, -0.05) is 18.2 Å². The number of ether oxygens (including phenoxy) is 3. The maximum Gasteiger partial charge on any atom is 0.332 e. The zero-order valence-electron chi connectivity index (χ0n) is 19.5. The van der Waals surface area contributed by atoms with E-state index >= 15 is 0 Å². The number of rotatable bonds is 5. The van der Waals surface area contributed by atoms with Crippen LogP contribution in [-0.2, 0) is 20.7 Å². The zero-order chi connectivity index (χ0) is 23.0. The Hall–Kier alpha value is -2.18. The molecular formula is C25H35NO4S. The van der Waals surface area contributed by atoms with E-state index < -0.39 is 5.60 Å². The molecule has 0 aromatic heterocycles. The van der Waals surface area contributed by atoms with Crippen molar-refractivity contribution in [1.29, 1.82) is 0 Å². The molecule has 0 saturated carbocycles. The Morgan fingerprint density at radius 1 is 1.16 bits per heavy atom. The number of benzene rings is 2. The lowest BCUT2D eigenvalue weighted by Crippen LogP contribution is -2.32. The molecule has 1 aliphatic rings. The topological polar surface area (TPSA) is 56.8 Å². The summed E-state index contributed by atoms with van der Waals surface area (Å²) >= 11 is 4.34. The molecule has 0 radical (unpaired) electrons. The van der Waals surface area contributed by atoms with E-state index in [9.17, 15) is 4.79 Å². The van der Waals surface area contributed by atoms with Crippen LogP contribution < -0.4 is 10.1 Å². The van der Waals surface area contributed by atoms with Gasteiger partial charge in [0.1, 0.15) is 18.0 Å². The molecule has 1 aliphatic heterocycles. The van der Waals surface area contributed by atoms with Gasteiger partial charge in [-0.25, -0.2) is 4.79 Å². The minimum Gasteiger partial charge on any atom is -0.497 e. The normalized spacial score (nSPS) is 15.1. The second-order valence-electron chi connectivity index (χ2n) is 8.75. The standard InChI is InChI=1S/C16H23NO3.C9H12OS/c1-16(2,3)20-15(18)11-19-10-13-9-8-12-6-4-5-7-14(12)17-13;1-6-4-8(10-3)5-7(2)9(6)11/h4-7,13,17H,8-11H2,1-3H3;4-5,11H,1-3H3. The van der Waals surface area contributed by atoms with E-state index in [1.54, 1.807) is 7.11 Å². The molecule has 6 heteroatoms. The number of hydrogen-bond donors (Lipinski definition) is 2. The SMILES string of the molecule is CC(C)(C)OC(=O)COCC1CCc2ccccc2N1.COc1cc(C)c(S)c(C)c1. The van der Waals surface area contributed by atoms with Gasteiger partial charge >= 0.3 is 5.97 Å². The van der Waals surface area contributed by atoms with Crippen LogP contribution >= 0.6 is 12.6 Å². The molecule has 1 unspecified atom stereocenters. The fourth-order valence-electron chi connectivity index (χ4n) is 3.32. The van der Waals surface area contributed by atoms with E-state index in [-0.39, 0.29) is 18.6 Å². The van der Waals surface area contributed by atoms with E-state index in [0.29, 0.717) is 6.61 Å². The molecule has 5 nitrogen and oxygen atoms in total. The molecule has 3 rings (SSSR count). The number of esters is 1. The highest BCUT2D eigenvalue weighted by atomic mass is 32.1. The Morgan fingerprint density at radius 2 is 1.81 bits per heavy atom. The van der Waals surface area contributed by atoms with Crippen molar-refractivity contribution in [3.05, 3.63) is 53.1 Å². The predicted molar refractivity (Wildman–Crippen MR) is 129 cm³/mol. The van der Waals surface area contributed by atoms with Crippen molar-refractivity contribution < 1.29 is 19.0 Å². The fraction of sp³-hybridized carbons (Fsp3) is 0.480. The average molecular weight is 446 g/mol. The van der Waals surface area contributed by atoms with Gasteiger partial charge in [0.15, 0.2) is 0 Å². The van der Waals surface area contributed by atoms with E-state index in [2.05, 4.69) is 36.1 Å². The smallest absolute Gasteiger partial charge is 0.332 e. The van der Waals surface area contributed by atoms with Crippen LogP contribution in [-0.4, -0.2) is 37.9 Å². The van der Waals surface area contributed by atoms with Gasteiger partial charge in [-0.15, -0.1) is 12.6 Å². The lowest BCUT2D eigenvalue weighted by Gasteiger charge is -2.27. The minimum atomic E-state index is -0.456. The Balaban J connectivity index is 0.000000262. The quantitative estimate of drug-likeness (QED) is 0.478. The average Bonchev–Trinajstić information content (AvgIpc) is 2.70. The van der Waals surface area contributed by atoms with Crippen molar-refractivity contribution in [2.24, 2.45) is 0 Å². The largest absolute Gasteiger partial charge is 0.497 e. The number of nitrogens with one attached hydrogen (secondary N) is 1. The Kier molecular flexibility index (Phi) is 9.26. The number of carbonyl (C=O) groups is 1. The summed E-state index contributed by atoms with van der Waals surface area (Å²) in [7, 11) is 1.67. The van der Waals surface area contributed by atoms with Gasteiger partial charge in [-0.3, -0.25) is 0 Å². The number of hydrogen-bond acceptors (Lipinski definition) is 6. The van der Waals surface area contributed by atoms with Crippen LogP contribution in [0, 0.1) is 13.8 Å². The van der Waals surface area contributed by atoms with Gasteiger partial charge in [0.05, 0.1) is 13.7 Å². The van der Waals surface area contributed by atoms with Crippen molar-refractivity contribution in [3.8, 4) is 5.75 Å². The second-order valence-corrected chi connectivity index (χ2v) is 9.20. The molecule has 0 bridgehead atoms. The first kappa shape index (κ1) is 25.1. The number of fused-ring (bicyclic) bond motifs is 1. The minimum absolute atomic E-state index is 0.0110. The van der Waals surface area contributed by atoms with Crippen LogP contribution in [0.4, 0.5) is 5.69 Å². The first-order chi connectivity index (χ1) is 14.6. The van der Waals surface area contributed by atoms with Gasteiger partial charge in [0.25, 0.3) is 0 Å². The van der Waals surface area contributed by atoms with Crippen LogP contribution in [0.25, 0.3) is 0 Å². The molecule has 0 aliphatic carbocycles. The van der Waals surface area contributed by atoms with Gasteiger partial charge in [-0.2, -0.15) is 0 Å². The predicted octanol–water partition coefficient (Wildman–Crippen LogP) is 5.37. The first-order valence-corrected chi connectivity index (χ1v) is 11.0. The van der Waals surface area contributed by atoms with Gasteiger partial charge in [0.2, 0.25) is 0 Å². The monoisotopic (exact) mass is 445 g/mol. The molecule has 1 N–H and O–H groups in total. The summed E-state index contributed by atoms with van der Waals surface area (Å²) < 4.78 is 15.8. The molecule has 31 heavy (non-hydrogen) atoms. The highest BCUT2D eigenvalue weighted by Gasteiger charge is 2.19. The fourth-order valence-corrected chi connectivity index (χ4v) is 3.44. The summed E-state index contributed by atoms with van der Waals surface area (Å²) in [6.07, 6.45) is 2.06. The Morgan fingerprint density at radius 3 is 2.42 bits per heavy atom. The second kappa shape index (κ2) is 11.4. The Bertz CT molecular complexity index is 853. The van der Waals surface area contributed by atoms with E-state index in [4.69, 9.17) is 14.2 Å². The summed E-state index contributed by atoms with van der Waals surface area (Å²) in [5, 5.41) is 3.44. The highest BCUT2D eigenvalue weighted by molar-refractivity contribution is 7.80. The first-order valence-electron chi connectivity index (χ1n) is 10.6. The summed E-state index contributed by atoms with van der Waals surface area (Å²) in [6.45, 7) is 10.1. The lowest BCUT2D eigenvalue weighted by atomic mass is 9.99. The van der Waals surface area contributed by atoms with Gasteiger partial charge in [-0.05, 0) is 82.3 Å². The summed E-state index contributed by atoms with van der Waals surface area (Å²) in [6, 6.07) is 12.5. The van der Waals surface area contributed by atoms with Crippen molar-refractivity contribution in [1.82, 2.24) is 0 Å². The van der Waals surface area contributed by atoms with E-state index in [0.717, 1.165) is 34.6 Å². The number of carbonyl (C=O) groups excluding carboxylic acids is 1. The van der Waals surface area contributed by atoms with Crippen LogP contribution in [0.3, 0.4) is 0 Å². The molecule has 2 aromatic carbocycles. The van der Waals surface area contributed by atoms with Crippen LogP contribution in [0.15, 0.2) is 41.3 Å². The highest BCUT2D eigenvalue weighted by Crippen LogP contribution is 2.25. The number of methoxy groups -OCH3 is 1. The number of thiol groups is 1. The van der Waals surface area contributed by atoms with Gasteiger partial charge < -0.3 is 19.5 Å². The summed E-state index contributed by atoms with van der Waals surface area (Å²) in [5.74, 6) is 0.589. The molecule has 170 valence electrons. The maximum absolute atomic E-state index is 11.5.